The molecule has 5 aliphatic rings. The van der Waals surface area contributed by atoms with Gasteiger partial charge in [-0.1, -0.05) is 89.9 Å². The third-order valence-electron chi connectivity index (χ3n) is 21.9. The van der Waals surface area contributed by atoms with Crippen LogP contribution in [0, 0.1) is 19.3 Å². The number of para-hydroxylation sites is 2. The molecule has 0 radical (unpaired) electrons. The van der Waals surface area contributed by atoms with E-state index in [-0.39, 0.29) is 33.2 Å². The molecule has 2 aromatic carbocycles. The third kappa shape index (κ3) is 12.2. The standard InChI is InChI=1S/C27H32BN4O.C21H20BN4O.C19H26BN3O.C14H14BN4O/c1-17(2)20-9-8-10-21(18(3)4)25(20)32-14-13-30(6)27(32)28-15-24-23(16-31(28)7)22-12-11-19(5)29-26(22)33-24;1-15-25(3)20(14-26(15)16-8-5-4-6-9-16)22-12-18-17-10-7-11-23-21(17)27-19(18)13-24(22)2;1-13-18(2,3)12-19(4,5)23(13)20-10-15-14-8-7-9-21-17(14)24-16(15)11-22(20)6;1-17-10-13-12(11-5-3-6-16-14(11)20-13)9-15(17)19-8-4-7-18(19)2/h8-18H,1-7H3;4-14H,1-3H3;7-11,13H,12H2,1-6H3;3-10H,1-2H3/q2*+1;;+1. The van der Waals surface area contributed by atoms with Gasteiger partial charge in [-0.25, -0.2) is 38.2 Å². The lowest BCUT2D eigenvalue weighted by Gasteiger charge is -2.42. The van der Waals surface area contributed by atoms with Crippen LogP contribution in [-0.2, 0) is 21.1 Å². The maximum absolute atomic E-state index is 6.21. The van der Waals surface area contributed by atoms with Gasteiger partial charge < -0.3 is 41.7 Å². The Labute approximate surface area is 608 Å². The molecule has 0 amide bonds. The highest BCUT2D eigenvalue weighted by Crippen LogP contribution is 2.47. The van der Waals surface area contributed by atoms with Crippen molar-refractivity contribution in [1.82, 2.24) is 57.8 Å². The Kier molecular flexibility index (Phi) is 17.8. The maximum Gasteiger partial charge on any atom is 0.669 e. The van der Waals surface area contributed by atoms with E-state index >= 15 is 0 Å². The van der Waals surface area contributed by atoms with Crippen LogP contribution in [0.4, 0.5) is 0 Å². The molecule has 1 saturated heterocycles. The molecule has 0 N–H and O–H groups in total. The van der Waals surface area contributed by atoms with E-state index in [0.717, 1.165) is 76.0 Å². The summed E-state index contributed by atoms with van der Waals surface area (Å²) in [5, 5.41) is 8.79. The molecule has 0 spiro atoms. The molecule has 11 aromatic heterocycles. The fourth-order valence-electron chi connectivity index (χ4n) is 16.5. The molecule has 0 saturated carbocycles. The summed E-state index contributed by atoms with van der Waals surface area (Å²) in [4.78, 5) is 29.1. The Bertz CT molecular complexity index is 6000. The Balaban J connectivity index is 0.000000113. The third-order valence-corrected chi connectivity index (χ3v) is 21.9. The van der Waals surface area contributed by atoms with Gasteiger partial charge in [-0.15, -0.1) is 0 Å². The number of pyridine rings is 4. The van der Waals surface area contributed by atoms with E-state index in [4.69, 9.17) is 17.7 Å². The zero-order chi connectivity index (χ0) is 72.9. The first-order valence-corrected chi connectivity index (χ1v) is 36.2. The van der Waals surface area contributed by atoms with Crippen molar-refractivity contribution < 1.29 is 31.4 Å². The Morgan fingerprint density at radius 3 is 1.67 bits per heavy atom. The molecule has 23 heteroatoms. The molecular formula is C81H92B4N15O4+3. The predicted molar refractivity (Wildman–Crippen MR) is 418 cm³/mol. The van der Waals surface area contributed by atoms with Crippen molar-refractivity contribution in [3.8, 4) is 11.4 Å². The van der Waals surface area contributed by atoms with Crippen molar-refractivity contribution in [3.05, 3.63) is 218 Å². The maximum atomic E-state index is 6.21. The quantitative estimate of drug-likeness (QED) is 0.144. The van der Waals surface area contributed by atoms with Crippen LogP contribution in [0.2, 0.25) is 0 Å². The first kappa shape index (κ1) is 69.0. The fourth-order valence-corrected chi connectivity index (χ4v) is 16.5. The second-order valence-corrected chi connectivity index (χ2v) is 30.6. The van der Waals surface area contributed by atoms with Crippen LogP contribution < -0.4 is 67.6 Å². The normalized spacial score (nSPS) is 16.4. The lowest BCUT2D eigenvalue weighted by molar-refractivity contribution is -0.653. The van der Waals surface area contributed by atoms with Crippen molar-refractivity contribution in [1.29, 1.82) is 0 Å². The summed E-state index contributed by atoms with van der Waals surface area (Å²) in [5.41, 5.74) is 15.4. The molecule has 104 heavy (non-hydrogen) atoms. The van der Waals surface area contributed by atoms with E-state index in [9.17, 15) is 0 Å². The minimum atomic E-state index is 0.0272. The number of imidazole rings is 2. The first-order chi connectivity index (χ1) is 49.8. The van der Waals surface area contributed by atoms with Crippen molar-refractivity contribution in [3.63, 3.8) is 0 Å². The van der Waals surface area contributed by atoms with Gasteiger partial charge in [0.15, 0.2) is 22.4 Å². The van der Waals surface area contributed by atoms with Crippen LogP contribution in [0.5, 0.6) is 0 Å². The average molecular weight is 1380 g/mol. The number of hydrogen-bond acceptors (Lipinski definition) is 13. The number of hydrogen-bond donors (Lipinski definition) is 0. The summed E-state index contributed by atoms with van der Waals surface area (Å²) in [6.45, 7) is 25.6. The average Bonchev–Trinajstić information content (AvgIpc) is 1.61. The Morgan fingerprint density at radius 1 is 0.538 bits per heavy atom. The number of aryl methyl sites for hydroxylation is 3. The van der Waals surface area contributed by atoms with E-state index < -0.39 is 0 Å². The molecule has 18 rings (SSSR count). The number of rotatable bonds is 8. The van der Waals surface area contributed by atoms with Gasteiger partial charge in [0.25, 0.3) is 5.82 Å². The zero-order valence-corrected chi connectivity index (χ0v) is 63.1. The molecule has 0 bridgehead atoms. The molecule has 524 valence electrons. The number of furan rings is 4. The number of nitrogens with zero attached hydrogens (tertiary/aromatic N) is 15. The molecule has 13 aromatic rings. The van der Waals surface area contributed by atoms with E-state index in [0.29, 0.717) is 40.4 Å². The van der Waals surface area contributed by atoms with Gasteiger partial charge in [0.05, 0.1) is 27.3 Å². The Morgan fingerprint density at radius 2 is 1.10 bits per heavy atom. The molecule has 5 aliphatic heterocycles. The van der Waals surface area contributed by atoms with Gasteiger partial charge in [-0.2, -0.15) is 9.27 Å². The van der Waals surface area contributed by atoms with Crippen molar-refractivity contribution >= 4 is 132 Å². The summed E-state index contributed by atoms with van der Waals surface area (Å²) in [7, 11) is 14.7. The van der Waals surface area contributed by atoms with Gasteiger partial charge in [0.2, 0.25) is 28.6 Å². The van der Waals surface area contributed by atoms with Crippen LogP contribution in [0.3, 0.4) is 0 Å². The minimum Gasteiger partial charge on any atom is -0.439 e. The van der Waals surface area contributed by atoms with Gasteiger partial charge in [0.1, 0.15) is 41.0 Å². The highest BCUT2D eigenvalue weighted by atomic mass is 16.3. The van der Waals surface area contributed by atoms with E-state index in [1.165, 1.54) is 45.6 Å². The summed E-state index contributed by atoms with van der Waals surface area (Å²) in [6.07, 6.45) is 25.6. The van der Waals surface area contributed by atoms with Crippen molar-refractivity contribution in [2.24, 2.45) is 26.6 Å². The van der Waals surface area contributed by atoms with E-state index in [2.05, 4.69) is 304 Å². The van der Waals surface area contributed by atoms with Gasteiger partial charge in [-0.05, 0) is 152 Å². The highest BCUT2D eigenvalue weighted by Gasteiger charge is 2.53. The van der Waals surface area contributed by atoms with Crippen LogP contribution in [-0.4, -0.2) is 125 Å². The molecule has 1 unspecified atom stereocenters. The number of fused-ring (bicyclic) bond motifs is 12. The van der Waals surface area contributed by atoms with Crippen molar-refractivity contribution in [2.75, 3.05) is 28.2 Å². The molecule has 19 nitrogen and oxygen atoms in total. The van der Waals surface area contributed by atoms with Crippen LogP contribution in [0.1, 0.15) is 103 Å². The van der Waals surface area contributed by atoms with Gasteiger partial charge in [-0.3, -0.25) is 0 Å². The minimum absolute atomic E-state index is 0.0272. The molecule has 16 heterocycles. The second-order valence-electron chi connectivity index (χ2n) is 30.6. The second kappa shape index (κ2) is 26.8. The van der Waals surface area contributed by atoms with E-state index in [1.54, 1.807) is 18.6 Å². The summed E-state index contributed by atoms with van der Waals surface area (Å²) in [6, 6.07) is 35.9. The summed E-state index contributed by atoms with van der Waals surface area (Å²) < 4.78 is 37.2. The van der Waals surface area contributed by atoms with Crippen LogP contribution >= 0.6 is 0 Å². The highest BCUT2D eigenvalue weighted by molar-refractivity contribution is 6.83. The molecule has 1 atom stereocenters. The van der Waals surface area contributed by atoms with Gasteiger partial charge in [0, 0.05) is 127 Å². The zero-order valence-electron chi connectivity index (χ0n) is 63.1. The number of benzene rings is 2. The Hall–Kier alpha value is -10.8. The van der Waals surface area contributed by atoms with E-state index in [1.807, 2.05) is 75.9 Å². The number of aromatic nitrogens is 10. The summed E-state index contributed by atoms with van der Waals surface area (Å²) >= 11 is 0. The first-order valence-electron chi connectivity index (χ1n) is 36.2. The van der Waals surface area contributed by atoms with Gasteiger partial charge >= 0.3 is 27.7 Å². The van der Waals surface area contributed by atoms with Crippen LogP contribution in [0.15, 0.2) is 170 Å². The topological polar surface area (TPSA) is 147 Å². The molecular weight excluding hydrogens is 1290 g/mol. The fraction of sp³-hybridized carbons (Fsp3) is 0.296. The molecule has 1 fully saturated rings. The summed E-state index contributed by atoms with van der Waals surface area (Å²) in [5.74, 6) is 11.1. The SMILES string of the molecule is CC1N(B2C=c3c(oc4ncccc34)=CN2C)C(C)(C)CC1(C)C.CN1C=c2oc3ncccc3c2=CB1[n+]1cccn1C.Cc1ccc2c3c(oc2n1)=CB(c1n(-c2c(C(C)C)cccc2C(C)C)cc[n+]1C)N(C)C=3.Cc1n(C)c(B2C=c3c(oc4ncccc34)=CN2C)c[n+]1-c1ccccc1. The van der Waals surface area contributed by atoms with Crippen molar-refractivity contribution in [2.45, 2.75) is 106 Å². The monoisotopic (exact) mass is 1380 g/mol. The van der Waals surface area contributed by atoms with Crippen LogP contribution in [0.25, 0.3) is 104 Å². The smallest absolute Gasteiger partial charge is 0.439 e. The largest absolute Gasteiger partial charge is 0.669 e. The molecule has 0 aliphatic carbocycles. The lowest BCUT2D eigenvalue weighted by atomic mass is 9.56. The lowest BCUT2D eigenvalue weighted by Crippen LogP contribution is -2.64. The predicted octanol–water partition coefficient (Wildman–Crippen LogP) is 5.26.